The fourth-order valence-electron chi connectivity index (χ4n) is 1.93. The van der Waals surface area contributed by atoms with Crippen LogP contribution < -0.4 is 4.72 Å². The van der Waals surface area contributed by atoms with Crippen molar-refractivity contribution < 1.29 is 13.2 Å². The lowest BCUT2D eigenvalue weighted by Crippen LogP contribution is -2.58. The van der Waals surface area contributed by atoms with E-state index in [0.29, 0.717) is 6.54 Å². The van der Waals surface area contributed by atoms with E-state index in [1.54, 1.807) is 4.90 Å². The van der Waals surface area contributed by atoms with Crippen LogP contribution in [0.3, 0.4) is 0 Å². The zero-order chi connectivity index (χ0) is 9.47. The van der Waals surface area contributed by atoms with Crippen LogP contribution >= 0.6 is 0 Å². The number of nitrogens with one attached hydrogen (secondary N) is 1. The fraction of sp³-hybridized carbons (Fsp3) is 0.857. The van der Waals surface area contributed by atoms with E-state index in [1.165, 1.54) is 0 Å². The number of hydrogen-bond acceptors (Lipinski definition) is 3. The lowest BCUT2D eigenvalue weighted by Gasteiger charge is -2.38. The zero-order valence-electron chi connectivity index (χ0n) is 7.19. The Morgan fingerprint density at radius 1 is 1.38 bits per heavy atom. The van der Waals surface area contributed by atoms with Gasteiger partial charge in [-0.2, -0.15) is 0 Å². The fourth-order valence-corrected chi connectivity index (χ4v) is 3.25. The van der Waals surface area contributed by atoms with Crippen molar-refractivity contribution in [3.63, 3.8) is 0 Å². The molecule has 2 fully saturated rings. The van der Waals surface area contributed by atoms with Crippen molar-refractivity contribution in [3.8, 4) is 0 Å². The van der Waals surface area contributed by atoms with Crippen molar-refractivity contribution >= 4 is 16.1 Å². The molecule has 0 saturated carbocycles. The summed E-state index contributed by atoms with van der Waals surface area (Å²) in [5.74, 6) is 0.0682. The van der Waals surface area contributed by atoms with Crippen LogP contribution in [0.1, 0.15) is 19.3 Å². The molecule has 0 aromatic rings. The average molecular weight is 204 g/mol. The topological polar surface area (TPSA) is 66.5 Å². The summed E-state index contributed by atoms with van der Waals surface area (Å²) in [6.07, 6.45) is 2.81. The SMILES string of the molecule is O=C1NS(=O)(=O)C[C@@H]2CCCCN12. The van der Waals surface area contributed by atoms with Crippen molar-refractivity contribution in [2.45, 2.75) is 25.3 Å². The molecule has 1 atom stereocenters. The van der Waals surface area contributed by atoms with Gasteiger partial charge in [0.2, 0.25) is 10.0 Å². The second kappa shape index (κ2) is 2.87. The van der Waals surface area contributed by atoms with E-state index < -0.39 is 16.1 Å². The van der Waals surface area contributed by atoms with Gasteiger partial charge in [-0.25, -0.2) is 17.9 Å². The Hall–Kier alpha value is -0.780. The molecule has 2 aliphatic heterocycles. The van der Waals surface area contributed by atoms with Crippen LogP contribution in [0, 0.1) is 0 Å². The highest BCUT2D eigenvalue weighted by Gasteiger charge is 2.36. The van der Waals surface area contributed by atoms with Crippen LogP contribution in [0.5, 0.6) is 0 Å². The van der Waals surface area contributed by atoms with Crippen LogP contribution in [0.4, 0.5) is 4.79 Å². The zero-order valence-corrected chi connectivity index (χ0v) is 8.01. The van der Waals surface area contributed by atoms with Crippen LogP contribution in [-0.2, 0) is 10.0 Å². The van der Waals surface area contributed by atoms with Crippen LogP contribution in [0.25, 0.3) is 0 Å². The second-order valence-electron chi connectivity index (χ2n) is 3.53. The van der Waals surface area contributed by atoms with Crippen molar-refractivity contribution in [2.75, 3.05) is 12.3 Å². The van der Waals surface area contributed by atoms with Gasteiger partial charge in [0.05, 0.1) is 5.75 Å². The predicted molar refractivity (Wildman–Crippen MR) is 46.7 cm³/mol. The van der Waals surface area contributed by atoms with E-state index in [0.717, 1.165) is 19.3 Å². The standard InChI is InChI=1S/C7H12N2O3S/c10-7-8-13(11,12)5-6-3-1-2-4-9(6)7/h6H,1-5H2,(H,8,10)/t6-/m0/s1. The number of nitrogens with zero attached hydrogens (tertiary/aromatic N) is 1. The number of rotatable bonds is 0. The molecule has 0 radical (unpaired) electrons. The maximum Gasteiger partial charge on any atom is 0.331 e. The Labute approximate surface area is 77.1 Å². The van der Waals surface area contributed by atoms with E-state index in [4.69, 9.17) is 0 Å². The first-order valence-corrected chi connectivity index (χ1v) is 6.05. The number of carbonyl (C=O) groups excluding carboxylic acids is 1. The van der Waals surface area contributed by atoms with E-state index in [9.17, 15) is 13.2 Å². The highest BCUT2D eigenvalue weighted by atomic mass is 32.2. The Morgan fingerprint density at radius 3 is 2.92 bits per heavy atom. The van der Waals surface area contributed by atoms with Gasteiger partial charge >= 0.3 is 6.03 Å². The first-order chi connectivity index (χ1) is 6.08. The Bertz CT molecular complexity index is 325. The molecule has 0 unspecified atom stereocenters. The molecule has 0 aromatic heterocycles. The number of urea groups is 1. The van der Waals surface area contributed by atoms with E-state index in [-0.39, 0.29) is 11.8 Å². The predicted octanol–water partition coefficient (Wildman–Crippen LogP) is -0.106. The van der Waals surface area contributed by atoms with Gasteiger partial charge in [-0.05, 0) is 19.3 Å². The smallest absolute Gasteiger partial charge is 0.320 e. The normalized spacial score (nSPS) is 32.2. The Balaban J connectivity index is 2.21. The summed E-state index contributed by atoms with van der Waals surface area (Å²) in [6.45, 7) is 0.687. The minimum absolute atomic E-state index is 0.0682. The molecule has 0 spiro atoms. The molecule has 2 saturated heterocycles. The molecule has 0 aliphatic carbocycles. The second-order valence-corrected chi connectivity index (χ2v) is 5.30. The lowest BCUT2D eigenvalue weighted by atomic mass is 10.0. The number of piperidine rings is 1. The molecule has 5 nitrogen and oxygen atoms in total. The molecule has 13 heavy (non-hydrogen) atoms. The monoisotopic (exact) mass is 204 g/mol. The minimum Gasteiger partial charge on any atom is -0.320 e. The summed E-state index contributed by atoms with van der Waals surface area (Å²) < 4.78 is 24.3. The van der Waals surface area contributed by atoms with Crippen LogP contribution in [0.15, 0.2) is 0 Å². The quantitative estimate of drug-likeness (QED) is 0.599. The third-order valence-electron chi connectivity index (χ3n) is 2.54. The highest BCUT2D eigenvalue weighted by molar-refractivity contribution is 7.90. The summed E-state index contributed by atoms with van der Waals surface area (Å²) >= 11 is 0. The minimum atomic E-state index is -3.34. The maximum atomic E-state index is 11.3. The first kappa shape index (κ1) is 8.80. The molecule has 2 aliphatic rings. The van der Waals surface area contributed by atoms with Crippen molar-refractivity contribution in [1.82, 2.24) is 9.62 Å². The number of fused-ring (bicyclic) bond motifs is 1. The van der Waals surface area contributed by atoms with Crippen molar-refractivity contribution in [3.05, 3.63) is 0 Å². The molecule has 6 heteroatoms. The third-order valence-corrected chi connectivity index (χ3v) is 3.85. The van der Waals surface area contributed by atoms with Gasteiger partial charge in [-0.15, -0.1) is 0 Å². The number of sulfonamides is 1. The lowest BCUT2D eigenvalue weighted by molar-refractivity contribution is 0.159. The summed E-state index contributed by atoms with van der Waals surface area (Å²) in [7, 11) is -3.34. The molecule has 74 valence electrons. The molecule has 0 bridgehead atoms. The van der Waals surface area contributed by atoms with Gasteiger partial charge in [0.25, 0.3) is 0 Å². The van der Waals surface area contributed by atoms with Gasteiger partial charge < -0.3 is 4.90 Å². The van der Waals surface area contributed by atoms with Gasteiger partial charge in [0.15, 0.2) is 0 Å². The van der Waals surface area contributed by atoms with Gasteiger partial charge in [-0.1, -0.05) is 0 Å². The molecular formula is C7H12N2O3S. The molecule has 2 heterocycles. The van der Waals surface area contributed by atoms with Crippen molar-refractivity contribution in [2.24, 2.45) is 0 Å². The average Bonchev–Trinajstić information content (AvgIpc) is 2.02. The summed E-state index contributed by atoms with van der Waals surface area (Å²) in [5, 5.41) is 0. The molecule has 2 amide bonds. The Morgan fingerprint density at radius 2 is 2.15 bits per heavy atom. The Kier molecular flexibility index (Phi) is 1.94. The molecular weight excluding hydrogens is 192 g/mol. The summed E-state index contributed by atoms with van der Waals surface area (Å²) in [6, 6.07) is -0.538. The highest BCUT2D eigenvalue weighted by Crippen LogP contribution is 2.21. The number of carbonyl (C=O) groups is 1. The largest absolute Gasteiger partial charge is 0.331 e. The van der Waals surface area contributed by atoms with E-state index in [2.05, 4.69) is 0 Å². The van der Waals surface area contributed by atoms with Gasteiger partial charge in [0.1, 0.15) is 0 Å². The number of amides is 2. The molecule has 1 N–H and O–H groups in total. The van der Waals surface area contributed by atoms with E-state index >= 15 is 0 Å². The van der Waals surface area contributed by atoms with Crippen LogP contribution in [0.2, 0.25) is 0 Å². The third kappa shape index (κ3) is 1.63. The maximum absolute atomic E-state index is 11.3. The number of hydrogen-bond donors (Lipinski definition) is 1. The van der Waals surface area contributed by atoms with Gasteiger partial charge in [-0.3, -0.25) is 0 Å². The molecule has 0 aromatic carbocycles. The first-order valence-electron chi connectivity index (χ1n) is 4.39. The van der Waals surface area contributed by atoms with Crippen LogP contribution in [-0.4, -0.2) is 37.7 Å². The molecule has 2 rings (SSSR count). The van der Waals surface area contributed by atoms with Crippen molar-refractivity contribution in [1.29, 1.82) is 0 Å². The van der Waals surface area contributed by atoms with E-state index in [1.807, 2.05) is 4.72 Å². The summed E-state index contributed by atoms with van der Waals surface area (Å²) in [4.78, 5) is 12.9. The summed E-state index contributed by atoms with van der Waals surface area (Å²) in [5.41, 5.74) is 0. The van der Waals surface area contributed by atoms with Gasteiger partial charge in [0, 0.05) is 12.6 Å².